The number of amides is 1. The lowest BCUT2D eigenvalue weighted by Gasteiger charge is -2.35. The van der Waals surface area contributed by atoms with Gasteiger partial charge >= 0.3 is 0 Å². The monoisotopic (exact) mass is 371 g/mol. The fourth-order valence-corrected chi connectivity index (χ4v) is 3.20. The highest BCUT2D eigenvalue weighted by Crippen LogP contribution is 2.24. The highest BCUT2D eigenvalue weighted by atomic mass is 19.1. The van der Waals surface area contributed by atoms with Crippen LogP contribution in [0.1, 0.15) is 12.5 Å². The van der Waals surface area contributed by atoms with Crippen LogP contribution in [0.2, 0.25) is 0 Å². The summed E-state index contributed by atoms with van der Waals surface area (Å²) < 4.78 is 18.8. The maximum atomic E-state index is 13.5. The molecule has 6 heteroatoms. The van der Waals surface area contributed by atoms with Crippen molar-refractivity contribution in [2.75, 3.05) is 49.5 Å². The Morgan fingerprint density at radius 3 is 2.56 bits per heavy atom. The van der Waals surface area contributed by atoms with Gasteiger partial charge < -0.3 is 19.9 Å². The summed E-state index contributed by atoms with van der Waals surface area (Å²) in [7, 11) is 0. The molecule has 1 heterocycles. The number of ether oxygens (including phenoxy) is 1. The number of halogens is 1. The van der Waals surface area contributed by atoms with Gasteiger partial charge in [0.25, 0.3) is 5.91 Å². The summed E-state index contributed by atoms with van der Waals surface area (Å²) in [5.41, 5.74) is 2.90. The number of carbonyl (C=O) groups is 1. The lowest BCUT2D eigenvalue weighted by atomic mass is 10.1. The number of para-hydroxylation sites is 1. The first-order valence-corrected chi connectivity index (χ1v) is 9.32. The van der Waals surface area contributed by atoms with Crippen molar-refractivity contribution in [2.45, 2.75) is 13.8 Å². The molecular weight excluding hydrogens is 345 g/mol. The Morgan fingerprint density at radius 1 is 1.15 bits per heavy atom. The van der Waals surface area contributed by atoms with E-state index in [9.17, 15) is 9.18 Å². The third-order valence-electron chi connectivity index (χ3n) is 4.86. The molecule has 0 saturated carbocycles. The van der Waals surface area contributed by atoms with E-state index in [0.717, 1.165) is 44.0 Å². The number of carbonyl (C=O) groups excluding carboxylic acids is 1. The van der Waals surface area contributed by atoms with Crippen molar-refractivity contribution in [2.24, 2.45) is 0 Å². The van der Waals surface area contributed by atoms with Crippen molar-refractivity contribution in [3.63, 3.8) is 0 Å². The van der Waals surface area contributed by atoms with Crippen LogP contribution in [0.4, 0.5) is 15.8 Å². The van der Waals surface area contributed by atoms with Gasteiger partial charge in [0.2, 0.25) is 0 Å². The first kappa shape index (κ1) is 19.2. The SMILES string of the molecule is CCN1CCN(c2ccc(NC(=O)COc3ccccc3F)c(C)c2)CC1. The lowest BCUT2D eigenvalue weighted by Crippen LogP contribution is -2.46. The van der Waals surface area contributed by atoms with E-state index in [1.807, 2.05) is 19.1 Å². The summed E-state index contributed by atoms with van der Waals surface area (Å²) in [5.74, 6) is -0.717. The molecule has 1 aliphatic heterocycles. The van der Waals surface area contributed by atoms with Gasteiger partial charge in [0.15, 0.2) is 18.2 Å². The molecule has 5 nitrogen and oxygen atoms in total. The van der Waals surface area contributed by atoms with Crippen molar-refractivity contribution < 1.29 is 13.9 Å². The van der Waals surface area contributed by atoms with Gasteiger partial charge in [-0.3, -0.25) is 4.79 Å². The number of anilines is 2. The number of benzene rings is 2. The summed E-state index contributed by atoms with van der Waals surface area (Å²) in [6.45, 7) is 9.17. The second-order valence-electron chi connectivity index (χ2n) is 6.69. The summed E-state index contributed by atoms with van der Waals surface area (Å²) >= 11 is 0. The van der Waals surface area contributed by atoms with Gasteiger partial charge in [-0.05, 0) is 49.4 Å². The summed E-state index contributed by atoms with van der Waals surface area (Å²) in [5, 5.41) is 2.83. The quantitative estimate of drug-likeness (QED) is 0.846. The van der Waals surface area contributed by atoms with Crippen molar-refractivity contribution >= 4 is 17.3 Å². The Balaban J connectivity index is 1.56. The van der Waals surface area contributed by atoms with Gasteiger partial charge in [0.1, 0.15) is 0 Å². The Bertz CT molecular complexity index is 789. The molecule has 2 aromatic rings. The van der Waals surface area contributed by atoms with Crippen LogP contribution in [-0.2, 0) is 4.79 Å². The molecule has 1 amide bonds. The average Bonchev–Trinajstić information content (AvgIpc) is 2.69. The Morgan fingerprint density at radius 2 is 1.89 bits per heavy atom. The minimum absolute atomic E-state index is 0.0749. The van der Waals surface area contributed by atoms with E-state index >= 15 is 0 Å². The highest BCUT2D eigenvalue weighted by molar-refractivity contribution is 5.92. The van der Waals surface area contributed by atoms with Gasteiger partial charge in [0, 0.05) is 37.6 Å². The molecule has 0 spiro atoms. The summed E-state index contributed by atoms with van der Waals surface area (Å²) in [6, 6.07) is 12.1. The minimum Gasteiger partial charge on any atom is -0.481 e. The molecule has 0 bridgehead atoms. The molecule has 0 aliphatic carbocycles. The van der Waals surface area contributed by atoms with Gasteiger partial charge in [-0.1, -0.05) is 19.1 Å². The normalized spacial score (nSPS) is 14.9. The molecule has 27 heavy (non-hydrogen) atoms. The van der Waals surface area contributed by atoms with Crippen molar-refractivity contribution in [3.05, 3.63) is 53.8 Å². The summed E-state index contributed by atoms with van der Waals surface area (Å²) in [6.07, 6.45) is 0. The van der Waals surface area contributed by atoms with Gasteiger partial charge in [-0.15, -0.1) is 0 Å². The number of hydrogen-bond acceptors (Lipinski definition) is 4. The lowest BCUT2D eigenvalue weighted by molar-refractivity contribution is -0.118. The molecule has 3 rings (SSSR count). The maximum absolute atomic E-state index is 13.5. The van der Waals surface area contributed by atoms with Crippen molar-refractivity contribution in [3.8, 4) is 5.75 Å². The van der Waals surface area contributed by atoms with Crippen molar-refractivity contribution in [1.29, 1.82) is 0 Å². The zero-order chi connectivity index (χ0) is 19.2. The van der Waals surface area contributed by atoms with Gasteiger partial charge in [0.05, 0.1) is 0 Å². The molecule has 0 radical (unpaired) electrons. The molecule has 2 aromatic carbocycles. The van der Waals surface area contributed by atoms with Crippen LogP contribution in [0.15, 0.2) is 42.5 Å². The van der Waals surface area contributed by atoms with E-state index in [0.29, 0.717) is 0 Å². The highest BCUT2D eigenvalue weighted by Gasteiger charge is 2.16. The standard InChI is InChI=1S/C21H26FN3O2/c1-3-24-10-12-25(13-11-24)17-8-9-19(16(2)14-17)23-21(26)15-27-20-7-5-4-6-18(20)22/h4-9,14H,3,10-13,15H2,1-2H3,(H,23,26). The molecule has 144 valence electrons. The Hall–Kier alpha value is -2.60. The first-order chi connectivity index (χ1) is 13.1. The molecule has 1 saturated heterocycles. The van der Waals surface area contributed by atoms with Crippen molar-refractivity contribution in [1.82, 2.24) is 4.90 Å². The largest absolute Gasteiger partial charge is 0.481 e. The minimum atomic E-state index is -0.478. The van der Waals surface area contributed by atoms with Crippen LogP contribution < -0.4 is 15.0 Å². The second-order valence-corrected chi connectivity index (χ2v) is 6.69. The zero-order valence-corrected chi connectivity index (χ0v) is 15.9. The fraction of sp³-hybridized carbons (Fsp3) is 0.381. The molecule has 1 N–H and O–H groups in total. The Kier molecular flexibility index (Phi) is 6.29. The van der Waals surface area contributed by atoms with Crippen LogP contribution in [0, 0.1) is 12.7 Å². The fourth-order valence-electron chi connectivity index (χ4n) is 3.20. The van der Waals surface area contributed by atoms with E-state index in [1.54, 1.807) is 12.1 Å². The smallest absolute Gasteiger partial charge is 0.262 e. The number of rotatable bonds is 6. The zero-order valence-electron chi connectivity index (χ0n) is 15.9. The number of nitrogens with zero attached hydrogens (tertiary/aromatic N) is 2. The number of hydrogen-bond donors (Lipinski definition) is 1. The maximum Gasteiger partial charge on any atom is 0.262 e. The van der Waals surface area contributed by atoms with Crippen LogP contribution >= 0.6 is 0 Å². The van der Waals surface area contributed by atoms with E-state index < -0.39 is 5.82 Å². The first-order valence-electron chi connectivity index (χ1n) is 9.32. The topological polar surface area (TPSA) is 44.8 Å². The van der Waals surface area contributed by atoms with Crippen LogP contribution in [0.5, 0.6) is 5.75 Å². The predicted molar refractivity (Wildman–Crippen MR) is 106 cm³/mol. The number of likely N-dealkylation sites (N-methyl/N-ethyl adjacent to an activating group) is 1. The van der Waals surface area contributed by atoms with Gasteiger partial charge in [-0.2, -0.15) is 0 Å². The number of nitrogens with one attached hydrogen (secondary N) is 1. The average molecular weight is 371 g/mol. The van der Waals surface area contributed by atoms with Crippen LogP contribution in [0.25, 0.3) is 0 Å². The number of piperazine rings is 1. The third-order valence-corrected chi connectivity index (χ3v) is 4.86. The Labute approximate surface area is 159 Å². The number of aryl methyl sites for hydroxylation is 1. The van der Waals surface area contributed by atoms with Crippen LogP contribution in [0.3, 0.4) is 0 Å². The molecular formula is C21H26FN3O2. The molecule has 0 aromatic heterocycles. The van der Waals surface area contributed by atoms with E-state index in [1.165, 1.54) is 17.8 Å². The van der Waals surface area contributed by atoms with E-state index in [-0.39, 0.29) is 18.3 Å². The van der Waals surface area contributed by atoms with Crippen LogP contribution in [-0.4, -0.2) is 50.1 Å². The van der Waals surface area contributed by atoms with E-state index in [4.69, 9.17) is 4.74 Å². The van der Waals surface area contributed by atoms with E-state index in [2.05, 4.69) is 28.1 Å². The summed E-state index contributed by atoms with van der Waals surface area (Å²) in [4.78, 5) is 16.9. The second kappa shape index (κ2) is 8.86. The van der Waals surface area contributed by atoms with Gasteiger partial charge in [-0.25, -0.2) is 4.39 Å². The molecule has 1 fully saturated rings. The molecule has 0 atom stereocenters. The molecule has 0 unspecified atom stereocenters. The molecule has 1 aliphatic rings. The predicted octanol–water partition coefficient (Wildman–Crippen LogP) is 3.29. The third kappa shape index (κ3) is 4.98.